The molecule has 2 heteroatoms. The number of furan rings is 1. The number of benzene rings is 8. The molecular formula is C47H30OS. The van der Waals surface area contributed by atoms with Crippen LogP contribution in [0.15, 0.2) is 150 Å². The van der Waals surface area contributed by atoms with Crippen molar-refractivity contribution in [3.8, 4) is 33.4 Å². The van der Waals surface area contributed by atoms with Crippen molar-refractivity contribution in [3.05, 3.63) is 157 Å². The van der Waals surface area contributed by atoms with Crippen molar-refractivity contribution < 1.29 is 4.42 Å². The van der Waals surface area contributed by atoms with E-state index in [-0.39, 0.29) is 5.41 Å². The van der Waals surface area contributed by atoms with Crippen LogP contribution in [0.2, 0.25) is 0 Å². The largest absolute Gasteiger partial charge is 0.456 e. The average molecular weight is 643 g/mol. The zero-order chi connectivity index (χ0) is 32.4. The fourth-order valence-electron chi connectivity index (χ4n) is 8.89. The Morgan fingerprint density at radius 3 is 1.86 bits per heavy atom. The van der Waals surface area contributed by atoms with E-state index in [1.807, 2.05) is 17.4 Å². The summed E-state index contributed by atoms with van der Waals surface area (Å²) in [5.41, 5.74) is 12.5. The summed E-state index contributed by atoms with van der Waals surface area (Å²) >= 11 is 1.87. The smallest absolute Gasteiger partial charge is 0.136 e. The molecule has 0 fully saturated rings. The van der Waals surface area contributed by atoms with Crippen LogP contribution in [-0.4, -0.2) is 0 Å². The molecule has 10 aromatic rings. The predicted molar refractivity (Wildman–Crippen MR) is 210 cm³/mol. The SMILES string of the molecule is CC1(C)c2ccccc2-c2c(-c3c4ccccc4c(-c4ccc5sc6c(ccc7oc8ccccc8c76)c5c4)c4ccccc34)cccc21. The van der Waals surface area contributed by atoms with Gasteiger partial charge in [-0.1, -0.05) is 129 Å². The number of fused-ring (bicyclic) bond motifs is 12. The van der Waals surface area contributed by atoms with Gasteiger partial charge in [0.25, 0.3) is 0 Å². The van der Waals surface area contributed by atoms with E-state index in [0.29, 0.717) is 0 Å². The van der Waals surface area contributed by atoms with Crippen LogP contribution < -0.4 is 0 Å². The first-order valence-corrected chi connectivity index (χ1v) is 17.8. The summed E-state index contributed by atoms with van der Waals surface area (Å²) in [6.45, 7) is 4.73. The maximum atomic E-state index is 6.26. The summed E-state index contributed by atoms with van der Waals surface area (Å²) < 4.78 is 8.85. The Morgan fingerprint density at radius 1 is 0.449 bits per heavy atom. The van der Waals surface area contributed by atoms with E-state index in [2.05, 4.69) is 153 Å². The van der Waals surface area contributed by atoms with E-state index in [4.69, 9.17) is 4.42 Å². The Morgan fingerprint density at radius 2 is 1.08 bits per heavy atom. The van der Waals surface area contributed by atoms with Gasteiger partial charge in [0.05, 0.1) is 0 Å². The molecule has 0 N–H and O–H groups in total. The number of rotatable bonds is 2. The van der Waals surface area contributed by atoms with Gasteiger partial charge in [-0.05, 0) is 96.4 Å². The van der Waals surface area contributed by atoms with Crippen molar-refractivity contribution >= 4 is 75.0 Å². The van der Waals surface area contributed by atoms with Crippen molar-refractivity contribution in [2.45, 2.75) is 19.3 Å². The lowest BCUT2D eigenvalue weighted by molar-refractivity contribution is 0.660. The minimum absolute atomic E-state index is 0.0550. The fourth-order valence-corrected chi connectivity index (χ4v) is 10.1. The van der Waals surface area contributed by atoms with Gasteiger partial charge in [0.15, 0.2) is 0 Å². The molecule has 8 aromatic carbocycles. The van der Waals surface area contributed by atoms with Gasteiger partial charge in [-0.3, -0.25) is 0 Å². The number of hydrogen-bond donors (Lipinski definition) is 0. The molecule has 230 valence electrons. The molecule has 0 spiro atoms. The van der Waals surface area contributed by atoms with Crippen LogP contribution in [0.3, 0.4) is 0 Å². The molecule has 0 unspecified atom stereocenters. The Balaban J connectivity index is 1.21. The molecule has 0 amide bonds. The van der Waals surface area contributed by atoms with E-state index in [9.17, 15) is 0 Å². The molecule has 11 rings (SSSR count). The van der Waals surface area contributed by atoms with Gasteiger partial charge in [-0.15, -0.1) is 11.3 Å². The van der Waals surface area contributed by atoms with Crippen LogP contribution in [0.25, 0.3) is 97.0 Å². The van der Waals surface area contributed by atoms with Crippen LogP contribution >= 0.6 is 11.3 Å². The van der Waals surface area contributed by atoms with Crippen LogP contribution in [0.5, 0.6) is 0 Å². The Hall–Kier alpha value is -5.70. The van der Waals surface area contributed by atoms with Gasteiger partial charge < -0.3 is 4.42 Å². The summed E-state index contributed by atoms with van der Waals surface area (Å²) in [7, 11) is 0. The second kappa shape index (κ2) is 9.69. The quantitative estimate of drug-likeness (QED) is 0.171. The molecule has 1 aliphatic carbocycles. The van der Waals surface area contributed by atoms with Gasteiger partial charge in [0.2, 0.25) is 0 Å². The molecule has 1 nitrogen and oxygen atoms in total. The van der Waals surface area contributed by atoms with Gasteiger partial charge in [0, 0.05) is 36.4 Å². The van der Waals surface area contributed by atoms with Crippen LogP contribution in [0.4, 0.5) is 0 Å². The van der Waals surface area contributed by atoms with E-state index in [0.717, 1.165) is 11.2 Å². The van der Waals surface area contributed by atoms with E-state index >= 15 is 0 Å². The van der Waals surface area contributed by atoms with Crippen molar-refractivity contribution in [3.63, 3.8) is 0 Å². The van der Waals surface area contributed by atoms with Gasteiger partial charge >= 0.3 is 0 Å². The van der Waals surface area contributed by atoms with E-state index in [1.165, 1.54) is 97.0 Å². The van der Waals surface area contributed by atoms with Crippen LogP contribution in [-0.2, 0) is 5.41 Å². The molecule has 2 heterocycles. The molecule has 2 aromatic heterocycles. The zero-order valence-electron chi connectivity index (χ0n) is 27.2. The summed E-state index contributed by atoms with van der Waals surface area (Å²) in [6, 6.07) is 53.8. The van der Waals surface area contributed by atoms with Crippen molar-refractivity contribution in [1.29, 1.82) is 0 Å². The molecule has 0 saturated heterocycles. The van der Waals surface area contributed by atoms with Gasteiger partial charge in [-0.2, -0.15) is 0 Å². The molecule has 0 saturated carbocycles. The van der Waals surface area contributed by atoms with Gasteiger partial charge in [-0.25, -0.2) is 0 Å². The maximum Gasteiger partial charge on any atom is 0.136 e. The summed E-state index contributed by atoms with van der Waals surface area (Å²) in [6.07, 6.45) is 0. The van der Waals surface area contributed by atoms with Crippen molar-refractivity contribution in [2.24, 2.45) is 0 Å². The second-order valence-corrected chi connectivity index (χ2v) is 15.0. The highest BCUT2D eigenvalue weighted by Gasteiger charge is 2.37. The highest BCUT2D eigenvalue weighted by molar-refractivity contribution is 7.26. The minimum atomic E-state index is -0.0550. The predicted octanol–water partition coefficient (Wildman–Crippen LogP) is 13.9. The van der Waals surface area contributed by atoms with Gasteiger partial charge in [0.1, 0.15) is 11.2 Å². The fraction of sp³-hybridized carbons (Fsp3) is 0.0638. The third-order valence-corrected chi connectivity index (χ3v) is 12.3. The molecule has 0 aliphatic heterocycles. The first-order valence-electron chi connectivity index (χ1n) is 17.0. The first kappa shape index (κ1) is 27.3. The van der Waals surface area contributed by atoms with Crippen LogP contribution in [0.1, 0.15) is 25.0 Å². The molecule has 1 aliphatic rings. The summed E-state index contributed by atoms with van der Waals surface area (Å²) in [5, 5.41) is 10.1. The Kier molecular flexibility index (Phi) is 5.39. The second-order valence-electron chi connectivity index (χ2n) is 14.0. The summed E-state index contributed by atoms with van der Waals surface area (Å²) in [5.74, 6) is 0. The van der Waals surface area contributed by atoms with E-state index < -0.39 is 0 Å². The number of hydrogen-bond acceptors (Lipinski definition) is 2. The highest BCUT2D eigenvalue weighted by atomic mass is 32.1. The number of thiophene rings is 1. The summed E-state index contributed by atoms with van der Waals surface area (Å²) in [4.78, 5) is 0. The molecule has 0 atom stereocenters. The third-order valence-electron chi connectivity index (χ3n) is 11.1. The average Bonchev–Trinajstić information content (AvgIpc) is 3.78. The molecule has 0 radical (unpaired) electrons. The lowest BCUT2D eigenvalue weighted by Gasteiger charge is -2.22. The van der Waals surface area contributed by atoms with Crippen LogP contribution in [0, 0.1) is 0 Å². The highest BCUT2D eigenvalue weighted by Crippen LogP contribution is 2.54. The van der Waals surface area contributed by atoms with Crippen molar-refractivity contribution in [2.75, 3.05) is 0 Å². The topological polar surface area (TPSA) is 13.1 Å². The first-order chi connectivity index (χ1) is 24.1. The molecule has 0 bridgehead atoms. The zero-order valence-corrected chi connectivity index (χ0v) is 28.0. The Bertz CT molecular complexity index is 2970. The maximum absolute atomic E-state index is 6.26. The molecule has 49 heavy (non-hydrogen) atoms. The van der Waals surface area contributed by atoms with Crippen molar-refractivity contribution in [1.82, 2.24) is 0 Å². The Labute approximate surface area is 287 Å². The normalized spacial score (nSPS) is 13.7. The standard InChI is InChI=1S/C47H30OS/c1-47(2)37-19-9-7-16-33(37)44-35(18-11-20-38(44)47)43-30-14-5-3-12-28(30)42(29-13-4-6-15-31(29)43)27-22-25-41-36(26-27)32-23-24-40-45(46(32)49-41)34-17-8-10-21-39(34)48-40/h3-26H,1-2H3. The number of para-hydroxylation sites is 1. The monoisotopic (exact) mass is 642 g/mol. The van der Waals surface area contributed by atoms with E-state index in [1.54, 1.807) is 0 Å². The lowest BCUT2D eigenvalue weighted by atomic mass is 9.80. The third kappa shape index (κ3) is 3.59. The lowest BCUT2D eigenvalue weighted by Crippen LogP contribution is -2.14. The minimum Gasteiger partial charge on any atom is -0.456 e. The molecular weight excluding hydrogens is 613 g/mol.